The highest BCUT2D eigenvalue weighted by Crippen LogP contribution is 1.90. The minimum atomic E-state index is -1.04. The van der Waals surface area contributed by atoms with E-state index in [9.17, 15) is 20.2 Å². The Balaban J connectivity index is 3.88. The van der Waals surface area contributed by atoms with Gasteiger partial charge in [0.2, 0.25) is 0 Å². The molecule has 0 amide bonds. The normalized spacial score (nSPS) is 8.80. The molecule has 0 atom stereocenters. The molecule has 0 aromatic heterocycles. The minimum Gasteiger partial charge on any atom is -0.312 e. The number of nitro groups is 1. The van der Waals surface area contributed by atoms with E-state index in [0.29, 0.717) is 5.01 Å². The van der Waals surface area contributed by atoms with Gasteiger partial charge in [0, 0.05) is 11.5 Å². The summed E-state index contributed by atoms with van der Waals surface area (Å²) in [5, 5.41) is 22.1. The van der Waals surface area contributed by atoms with E-state index in [2.05, 4.69) is 14.9 Å². The second kappa shape index (κ2) is 7.15. The molecule has 0 spiro atoms. The quantitative estimate of drug-likeness (QED) is 0.185. The Morgan fingerprint density at radius 2 is 2.07 bits per heavy atom. The molecule has 11 nitrogen and oxygen atoms in total. The molecular weight excluding hydrogens is 212 g/mol. The smallest absolute Gasteiger partial charge is 0.294 e. The summed E-state index contributed by atoms with van der Waals surface area (Å²) in [6.07, 6.45) is 0. The first kappa shape index (κ1) is 12.7. The van der Waals surface area contributed by atoms with Crippen LogP contribution in [0.2, 0.25) is 0 Å². The van der Waals surface area contributed by atoms with Gasteiger partial charge in [-0.05, 0) is 5.53 Å². The number of hydrogen-bond acceptors (Lipinski definition) is 6. The van der Waals surface area contributed by atoms with E-state index >= 15 is 0 Å². The molecule has 0 saturated heterocycles. The summed E-state index contributed by atoms with van der Waals surface area (Å²) in [6.45, 7) is -0.882. The van der Waals surface area contributed by atoms with E-state index in [-0.39, 0.29) is 19.6 Å². The Labute approximate surface area is 83.1 Å². The molecule has 0 heterocycles. The zero-order valence-electron chi connectivity index (χ0n) is 7.55. The van der Waals surface area contributed by atoms with Crippen molar-refractivity contribution in [3.8, 4) is 0 Å². The fraction of sp³-hybridized carbons (Fsp3) is 1.00. The maximum Gasteiger partial charge on any atom is 0.294 e. The maximum absolute atomic E-state index is 10.3. The summed E-state index contributed by atoms with van der Waals surface area (Å²) in [4.78, 5) is 26.4. The molecule has 0 aliphatic rings. The number of nitrogens with zero attached hydrogens (tertiary/aromatic N) is 6. The summed E-state index contributed by atoms with van der Waals surface area (Å²) < 4.78 is 0. The van der Waals surface area contributed by atoms with Gasteiger partial charge in [0.1, 0.15) is 13.2 Å². The van der Waals surface area contributed by atoms with Crippen molar-refractivity contribution < 1.29 is 15.0 Å². The molecule has 0 N–H and O–H groups in total. The van der Waals surface area contributed by atoms with Crippen molar-refractivity contribution in [3.63, 3.8) is 0 Å². The van der Waals surface area contributed by atoms with Gasteiger partial charge in [0.05, 0.1) is 6.54 Å². The van der Waals surface area contributed by atoms with Crippen molar-refractivity contribution in [2.75, 3.05) is 26.2 Å². The van der Waals surface area contributed by atoms with Gasteiger partial charge in [-0.3, -0.25) is 0 Å². The molecule has 0 aromatic rings. The zero-order chi connectivity index (χ0) is 11.7. The molecule has 0 saturated carbocycles. The molecule has 0 fully saturated rings. The fourth-order valence-electron chi connectivity index (χ4n) is 0.701. The molecule has 84 valence electrons. The van der Waals surface area contributed by atoms with Gasteiger partial charge in [-0.1, -0.05) is 5.11 Å². The van der Waals surface area contributed by atoms with Gasteiger partial charge < -0.3 is 4.84 Å². The van der Waals surface area contributed by atoms with Crippen molar-refractivity contribution in [3.05, 3.63) is 30.7 Å². The van der Waals surface area contributed by atoms with Crippen LogP contribution in [0.3, 0.4) is 0 Å². The zero-order valence-corrected chi connectivity index (χ0v) is 7.55. The van der Waals surface area contributed by atoms with E-state index in [0.717, 1.165) is 0 Å². The van der Waals surface area contributed by atoms with E-state index in [1.165, 1.54) is 0 Å². The second-order valence-electron chi connectivity index (χ2n) is 2.20. The summed E-state index contributed by atoms with van der Waals surface area (Å²) in [5.74, 6) is 0. The van der Waals surface area contributed by atoms with E-state index < -0.39 is 16.7 Å². The molecule has 0 aromatic carbocycles. The largest absolute Gasteiger partial charge is 0.312 e. The number of rotatable bonds is 8. The van der Waals surface area contributed by atoms with Crippen LogP contribution >= 0.6 is 0 Å². The Hall–Kier alpha value is -2.29. The van der Waals surface area contributed by atoms with E-state index in [1.54, 1.807) is 0 Å². The Kier molecular flexibility index (Phi) is 6.06. The van der Waals surface area contributed by atoms with Crippen LogP contribution in [0.25, 0.3) is 10.4 Å². The van der Waals surface area contributed by atoms with Crippen LogP contribution in [-0.4, -0.2) is 41.4 Å². The van der Waals surface area contributed by atoms with Crippen molar-refractivity contribution in [1.29, 1.82) is 0 Å². The molecule has 0 radical (unpaired) electrons. The summed E-state index contributed by atoms with van der Waals surface area (Å²) >= 11 is 0. The lowest BCUT2D eigenvalue weighted by molar-refractivity contribution is -0.760. The molecule has 0 aliphatic carbocycles. The third kappa shape index (κ3) is 6.83. The molecule has 0 unspecified atom stereocenters. The maximum atomic E-state index is 10.3. The summed E-state index contributed by atoms with van der Waals surface area (Å²) in [7, 11) is 0. The van der Waals surface area contributed by atoms with Crippen LogP contribution in [0.1, 0.15) is 0 Å². The average Bonchev–Trinajstić information content (AvgIpc) is 2.15. The summed E-state index contributed by atoms with van der Waals surface area (Å²) in [6, 6.07) is 0. The molecule has 0 rings (SSSR count). The van der Waals surface area contributed by atoms with Gasteiger partial charge in [-0.25, -0.2) is 10.1 Å². The number of hydrogen-bond donors (Lipinski definition) is 0. The van der Waals surface area contributed by atoms with Gasteiger partial charge in [-0.15, -0.1) is 15.1 Å². The molecular formula is C4H8N6O5. The van der Waals surface area contributed by atoms with Crippen LogP contribution in [0.5, 0.6) is 0 Å². The topological polar surface area (TPSA) is 148 Å². The lowest BCUT2D eigenvalue weighted by Crippen LogP contribution is -2.35. The van der Waals surface area contributed by atoms with E-state index in [1.807, 2.05) is 0 Å². The Bertz CT molecular complexity index is 275. The molecule has 0 aliphatic heterocycles. The van der Waals surface area contributed by atoms with Crippen LogP contribution in [0, 0.1) is 20.2 Å². The molecule has 0 bridgehead atoms. The van der Waals surface area contributed by atoms with Gasteiger partial charge in [0.15, 0.2) is 5.03 Å². The predicted octanol–water partition coefficient (Wildman–Crippen LogP) is -0.00130. The van der Waals surface area contributed by atoms with Gasteiger partial charge >= 0.3 is 0 Å². The first-order valence-corrected chi connectivity index (χ1v) is 3.75. The van der Waals surface area contributed by atoms with Crippen LogP contribution < -0.4 is 0 Å². The van der Waals surface area contributed by atoms with E-state index in [4.69, 9.17) is 5.53 Å². The first-order valence-electron chi connectivity index (χ1n) is 3.75. The van der Waals surface area contributed by atoms with Crippen LogP contribution in [-0.2, 0) is 4.84 Å². The summed E-state index contributed by atoms with van der Waals surface area (Å²) in [5.41, 5.74) is 7.92. The lowest BCUT2D eigenvalue weighted by atomic mass is 10.5. The third-order valence-electron chi connectivity index (χ3n) is 1.30. The monoisotopic (exact) mass is 220 g/mol. The number of hydrazine groups is 1. The fourth-order valence-corrected chi connectivity index (χ4v) is 0.701. The molecule has 11 heteroatoms. The minimum absolute atomic E-state index is 0.0874. The highest BCUT2D eigenvalue weighted by Gasteiger charge is 2.13. The highest BCUT2D eigenvalue weighted by atomic mass is 16.9. The SMILES string of the molecule is [N-]=[N+]=NCCN(CCO[N+](=O)[O-])[N+](=O)[O-]. The lowest BCUT2D eigenvalue weighted by Gasteiger charge is -2.11. The second-order valence-corrected chi connectivity index (χ2v) is 2.20. The Morgan fingerprint density at radius 1 is 1.40 bits per heavy atom. The van der Waals surface area contributed by atoms with Crippen molar-refractivity contribution >= 4 is 0 Å². The average molecular weight is 220 g/mol. The first-order chi connectivity index (χ1) is 7.07. The molecule has 15 heavy (non-hydrogen) atoms. The van der Waals surface area contributed by atoms with Crippen LogP contribution in [0.4, 0.5) is 0 Å². The van der Waals surface area contributed by atoms with Crippen molar-refractivity contribution in [1.82, 2.24) is 5.01 Å². The number of azide groups is 1. The Morgan fingerprint density at radius 3 is 2.53 bits per heavy atom. The predicted molar refractivity (Wildman–Crippen MR) is 45.5 cm³/mol. The van der Waals surface area contributed by atoms with Gasteiger partial charge in [-0.2, -0.15) is 0 Å². The van der Waals surface area contributed by atoms with Crippen molar-refractivity contribution in [2.24, 2.45) is 5.11 Å². The highest BCUT2D eigenvalue weighted by molar-refractivity contribution is 4.50. The van der Waals surface area contributed by atoms with Gasteiger partial charge in [0.25, 0.3) is 5.09 Å². The third-order valence-corrected chi connectivity index (χ3v) is 1.30. The van der Waals surface area contributed by atoms with Crippen LogP contribution in [0.15, 0.2) is 5.11 Å². The van der Waals surface area contributed by atoms with Crippen molar-refractivity contribution in [2.45, 2.75) is 0 Å². The standard InChI is InChI=1S/C4H8N6O5/c5-7-6-1-2-8(9(11)12)3-4-15-10(13)14/h1-4H2.